The molecule has 3 aromatic rings. The standard InChI is InChI=1S/C19H21BrN4O2S/c1-4-5-6-15-11(2)23-24(18(15)26)19-21-12(3)16(27-19)17(25)22-14-9-7-13(20)8-10-14/h7-10,23H,4-6H2,1-3H3,(H,22,25). The maximum atomic E-state index is 12.7. The Morgan fingerprint density at radius 1 is 1.30 bits per heavy atom. The van der Waals surface area contributed by atoms with Crippen molar-refractivity contribution in [2.45, 2.75) is 40.0 Å². The summed E-state index contributed by atoms with van der Waals surface area (Å²) in [5, 5.41) is 6.43. The summed E-state index contributed by atoms with van der Waals surface area (Å²) >= 11 is 4.57. The molecule has 8 heteroatoms. The third-order valence-corrected chi connectivity index (χ3v) is 5.93. The minimum atomic E-state index is -0.235. The molecule has 2 N–H and O–H groups in total. The molecule has 0 atom stereocenters. The molecule has 0 aliphatic rings. The second-order valence-electron chi connectivity index (χ2n) is 6.33. The Balaban J connectivity index is 1.87. The number of rotatable bonds is 6. The first-order valence-corrected chi connectivity index (χ1v) is 10.4. The van der Waals surface area contributed by atoms with Crippen LogP contribution in [0, 0.1) is 13.8 Å². The number of aromatic nitrogens is 3. The first kappa shape index (κ1) is 19.6. The van der Waals surface area contributed by atoms with Gasteiger partial charge in [0, 0.05) is 21.4 Å². The molecule has 0 bridgehead atoms. The highest BCUT2D eigenvalue weighted by molar-refractivity contribution is 9.10. The lowest BCUT2D eigenvalue weighted by Gasteiger charge is -2.03. The Hall–Kier alpha value is -2.19. The Morgan fingerprint density at radius 2 is 2.00 bits per heavy atom. The van der Waals surface area contributed by atoms with Gasteiger partial charge in [0.05, 0.1) is 5.69 Å². The van der Waals surface area contributed by atoms with E-state index >= 15 is 0 Å². The lowest BCUT2D eigenvalue weighted by atomic mass is 10.1. The van der Waals surface area contributed by atoms with Gasteiger partial charge in [-0.1, -0.05) is 40.6 Å². The molecule has 0 saturated heterocycles. The van der Waals surface area contributed by atoms with Crippen molar-refractivity contribution in [1.82, 2.24) is 14.8 Å². The zero-order chi connectivity index (χ0) is 19.6. The van der Waals surface area contributed by atoms with Crippen LogP contribution in [0.5, 0.6) is 0 Å². The van der Waals surface area contributed by atoms with E-state index in [0.717, 1.165) is 35.0 Å². The second kappa shape index (κ2) is 8.22. The number of aryl methyl sites for hydroxylation is 2. The van der Waals surface area contributed by atoms with Crippen molar-refractivity contribution in [2.75, 3.05) is 5.32 Å². The molecular weight excluding hydrogens is 428 g/mol. The van der Waals surface area contributed by atoms with Crippen molar-refractivity contribution in [1.29, 1.82) is 0 Å². The van der Waals surface area contributed by atoms with Crippen LogP contribution in [0.1, 0.15) is 46.4 Å². The molecule has 2 heterocycles. The van der Waals surface area contributed by atoms with Crippen LogP contribution in [-0.2, 0) is 6.42 Å². The minimum absolute atomic E-state index is 0.0884. The predicted octanol–water partition coefficient (Wildman–Crippen LogP) is 4.60. The number of benzene rings is 1. The van der Waals surface area contributed by atoms with Crippen LogP contribution < -0.4 is 10.9 Å². The van der Waals surface area contributed by atoms with Crippen LogP contribution in [0.2, 0.25) is 0 Å². The molecule has 142 valence electrons. The summed E-state index contributed by atoms with van der Waals surface area (Å²) in [5.74, 6) is -0.235. The lowest BCUT2D eigenvalue weighted by molar-refractivity contribution is 0.103. The number of carbonyl (C=O) groups excluding carboxylic acids is 1. The molecule has 1 aromatic carbocycles. The fraction of sp³-hybridized carbons (Fsp3) is 0.316. The largest absolute Gasteiger partial charge is 0.321 e. The average Bonchev–Trinajstić information content (AvgIpc) is 3.15. The molecule has 0 unspecified atom stereocenters. The first-order chi connectivity index (χ1) is 12.9. The van der Waals surface area contributed by atoms with Crippen molar-refractivity contribution in [3.8, 4) is 5.13 Å². The van der Waals surface area contributed by atoms with E-state index in [9.17, 15) is 9.59 Å². The zero-order valence-corrected chi connectivity index (χ0v) is 17.8. The minimum Gasteiger partial charge on any atom is -0.321 e. The van der Waals surface area contributed by atoms with Crippen molar-refractivity contribution < 1.29 is 4.79 Å². The van der Waals surface area contributed by atoms with E-state index in [1.165, 1.54) is 16.0 Å². The summed E-state index contributed by atoms with van der Waals surface area (Å²) in [6.45, 7) is 5.76. The van der Waals surface area contributed by atoms with Crippen LogP contribution >= 0.6 is 27.3 Å². The van der Waals surface area contributed by atoms with Crippen molar-refractivity contribution in [3.63, 3.8) is 0 Å². The van der Waals surface area contributed by atoms with Crippen LogP contribution in [0.3, 0.4) is 0 Å². The topological polar surface area (TPSA) is 79.8 Å². The number of thiazole rings is 1. The third-order valence-electron chi connectivity index (χ3n) is 4.26. The number of nitrogens with zero attached hydrogens (tertiary/aromatic N) is 2. The van der Waals surface area contributed by atoms with Gasteiger partial charge in [0.2, 0.25) is 5.13 Å². The number of halogens is 1. The molecule has 2 aromatic heterocycles. The third kappa shape index (κ3) is 4.22. The molecular formula is C19H21BrN4O2S. The summed E-state index contributed by atoms with van der Waals surface area (Å²) in [6.07, 6.45) is 2.73. The van der Waals surface area contributed by atoms with Gasteiger partial charge in [-0.25, -0.2) is 4.98 Å². The lowest BCUT2D eigenvalue weighted by Crippen LogP contribution is -2.17. The van der Waals surface area contributed by atoms with Gasteiger partial charge in [-0.15, -0.1) is 0 Å². The highest BCUT2D eigenvalue weighted by Gasteiger charge is 2.19. The summed E-state index contributed by atoms with van der Waals surface area (Å²) in [5.41, 5.74) is 2.84. The summed E-state index contributed by atoms with van der Waals surface area (Å²) < 4.78 is 2.38. The van der Waals surface area contributed by atoms with Gasteiger partial charge < -0.3 is 5.32 Å². The Bertz CT molecular complexity index is 1020. The number of aromatic amines is 1. The molecule has 0 saturated carbocycles. The van der Waals surface area contributed by atoms with Gasteiger partial charge in [-0.05, 0) is 51.0 Å². The second-order valence-corrected chi connectivity index (χ2v) is 8.22. The highest BCUT2D eigenvalue weighted by atomic mass is 79.9. The number of unbranched alkanes of at least 4 members (excludes halogenated alkanes) is 1. The molecule has 3 rings (SSSR count). The summed E-state index contributed by atoms with van der Waals surface area (Å²) in [6, 6.07) is 7.36. The number of hydrogen-bond donors (Lipinski definition) is 2. The zero-order valence-electron chi connectivity index (χ0n) is 15.4. The Morgan fingerprint density at radius 3 is 2.67 bits per heavy atom. The monoisotopic (exact) mass is 448 g/mol. The van der Waals surface area contributed by atoms with E-state index in [1.807, 2.05) is 31.2 Å². The SMILES string of the molecule is CCCCc1c(C)[nH]n(-c2nc(C)c(C(=O)Nc3ccc(Br)cc3)s2)c1=O. The van der Waals surface area contributed by atoms with E-state index in [0.29, 0.717) is 21.4 Å². The first-order valence-electron chi connectivity index (χ1n) is 8.76. The van der Waals surface area contributed by atoms with Crippen molar-refractivity contribution >= 4 is 38.9 Å². The highest BCUT2D eigenvalue weighted by Crippen LogP contribution is 2.23. The van der Waals surface area contributed by atoms with Crippen molar-refractivity contribution in [2.24, 2.45) is 0 Å². The van der Waals surface area contributed by atoms with Gasteiger partial charge in [0.15, 0.2) is 0 Å². The van der Waals surface area contributed by atoms with Crippen LogP contribution in [-0.4, -0.2) is 20.7 Å². The Kier molecular flexibility index (Phi) is 5.96. The fourth-order valence-electron chi connectivity index (χ4n) is 2.77. The number of anilines is 1. The molecule has 0 aliphatic heterocycles. The van der Waals surface area contributed by atoms with Crippen molar-refractivity contribution in [3.05, 3.63) is 60.9 Å². The number of H-pyrrole nitrogens is 1. The van der Waals surface area contributed by atoms with E-state index in [-0.39, 0.29) is 11.5 Å². The van der Waals surface area contributed by atoms with E-state index < -0.39 is 0 Å². The number of hydrogen-bond acceptors (Lipinski definition) is 4. The van der Waals surface area contributed by atoms with Gasteiger partial charge in [-0.2, -0.15) is 4.68 Å². The quantitative estimate of drug-likeness (QED) is 0.578. The normalized spacial score (nSPS) is 11.0. The molecule has 27 heavy (non-hydrogen) atoms. The van der Waals surface area contributed by atoms with Gasteiger partial charge >= 0.3 is 0 Å². The number of carbonyl (C=O) groups is 1. The smallest absolute Gasteiger partial charge is 0.276 e. The predicted molar refractivity (Wildman–Crippen MR) is 112 cm³/mol. The van der Waals surface area contributed by atoms with Crippen LogP contribution in [0.25, 0.3) is 5.13 Å². The van der Waals surface area contributed by atoms with Crippen LogP contribution in [0.15, 0.2) is 33.5 Å². The summed E-state index contributed by atoms with van der Waals surface area (Å²) in [7, 11) is 0. The molecule has 0 aliphatic carbocycles. The Labute approximate surface area is 169 Å². The fourth-order valence-corrected chi connectivity index (χ4v) is 3.96. The van der Waals surface area contributed by atoms with Gasteiger partial charge in [0.25, 0.3) is 11.5 Å². The van der Waals surface area contributed by atoms with E-state index in [2.05, 4.69) is 38.3 Å². The van der Waals surface area contributed by atoms with E-state index in [1.54, 1.807) is 6.92 Å². The van der Waals surface area contributed by atoms with E-state index in [4.69, 9.17) is 0 Å². The molecule has 1 amide bonds. The molecule has 6 nitrogen and oxygen atoms in total. The maximum absolute atomic E-state index is 12.7. The summed E-state index contributed by atoms with van der Waals surface area (Å²) in [4.78, 5) is 30.2. The maximum Gasteiger partial charge on any atom is 0.276 e. The number of nitrogens with one attached hydrogen (secondary N) is 2. The molecule has 0 radical (unpaired) electrons. The average molecular weight is 449 g/mol. The van der Waals surface area contributed by atoms with Gasteiger partial charge in [0.1, 0.15) is 4.88 Å². The molecule has 0 fully saturated rings. The number of amides is 1. The van der Waals surface area contributed by atoms with Gasteiger partial charge in [-0.3, -0.25) is 14.7 Å². The molecule has 0 spiro atoms. The van der Waals surface area contributed by atoms with Crippen LogP contribution in [0.4, 0.5) is 5.69 Å².